The summed E-state index contributed by atoms with van der Waals surface area (Å²) >= 11 is 7.44. The van der Waals surface area contributed by atoms with Gasteiger partial charge in [0, 0.05) is 33.1 Å². The van der Waals surface area contributed by atoms with E-state index in [1.807, 2.05) is 19.9 Å². The third-order valence-electron chi connectivity index (χ3n) is 2.88. The van der Waals surface area contributed by atoms with Crippen LogP contribution in [-0.4, -0.2) is 28.1 Å². The van der Waals surface area contributed by atoms with Gasteiger partial charge in [-0.1, -0.05) is 18.5 Å². The number of aryl methyl sites for hydroxylation is 1. The van der Waals surface area contributed by atoms with Crippen LogP contribution in [-0.2, 0) is 10.0 Å². The molecule has 1 heterocycles. The zero-order valence-corrected chi connectivity index (χ0v) is 13.8. The Labute approximate surface area is 128 Å². The van der Waals surface area contributed by atoms with Gasteiger partial charge in [0.2, 0.25) is 10.0 Å². The molecule has 0 fully saturated rings. The highest BCUT2D eigenvalue weighted by Gasteiger charge is 2.22. The zero-order valence-electron chi connectivity index (χ0n) is 11.4. The van der Waals surface area contributed by atoms with Gasteiger partial charge in [0.05, 0.1) is 0 Å². The van der Waals surface area contributed by atoms with E-state index in [1.54, 1.807) is 12.1 Å². The standard InChI is InChI=1S/C13H17ClN2O2S2/c1-3-15-6-7-16-20(17,18)13-9(2)19-12-5-4-10(14)8-11(12)13/h4-5,8,15-16H,3,6-7H2,1-2H3. The normalized spacial score (nSPS) is 12.2. The van der Waals surface area contributed by atoms with Crippen LogP contribution in [0.5, 0.6) is 0 Å². The van der Waals surface area contributed by atoms with Crippen molar-refractivity contribution in [3.05, 3.63) is 28.1 Å². The summed E-state index contributed by atoms with van der Waals surface area (Å²) in [6, 6.07) is 5.33. The SMILES string of the molecule is CCNCCNS(=O)(=O)c1c(C)sc2ccc(Cl)cc12. The molecule has 4 nitrogen and oxygen atoms in total. The van der Waals surface area contributed by atoms with Crippen molar-refractivity contribution in [1.29, 1.82) is 0 Å². The Hall–Kier alpha value is -0.660. The number of thiophene rings is 1. The molecule has 0 unspecified atom stereocenters. The van der Waals surface area contributed by atoms with E-state index in [9.17, 15) is 8.42 Å². The molecule has 0 saturated carbocycles. The summed E-state index contributed by atoms with van der Waals surface area (Å²) < 4.78 is 28.4. The Bertz CT molecular complexity index is 710. The Balaban J connectivity index is 2.35. The molecule has 1 aromatic carbocycles. The number of halogens is 1. The minimum absolute atomic E-state index is 0.344. The highest BCUT2D eigenvalue weighted by atomic mass is 35.5. The fraction of sp³-hybridized carbons (Fsp3) is 0.385. The lowest BCUT2D eigenvalue weighted by Gasteiger charge is -2.07. The second kappa shape index (κ2) is 6.41. The maximum Gasteiger partial charge on any atom is 0.242 e. The first-order valence-corrected chi connectivity index (χ1v) is 9.02. The van der Waals surface area contributed by atoms with E-state index in [0.717, 1.165) is 16.1 Å². The summed E-state index contributed by atoms with van der Waals surface area (Å²) in [4.78, 5) is 1.12. The molecule has 110 valence electrons. The fourth-order valence-corrected chi connectivity index (χ4v) is 5.01. The Morgan fingerprint density at radius 1 is 1.30 bits per heavy atom. The molecule has 2 N–H and O–H groups in total. The fourth-order valence-electron chi connectivity index (χ4n) is 2.03. The topological polar surface area (TPSA) is 58.2 Å². The van der Waals surface area contributed by atoms with Crippen molar-refractivity contribution in [3.63, 3.8) is 0 Å². The van der Waals surface area contributed by atoms with E-state index in [1.165, 1.54) is 11.3 Å². The molecule has 7 heteroatoms. The first-order chi connectivity index (χ1) is 9.45. The Morgan fingerprint density at radius 3 is 2.75 bits per heavy atom. The molecule has 0 bridgehead atoms. The third-order valence-corrected chi connectivity index (χ3v) is 5.98. The third kappa shape index (κ3) is 3.32. The van der Waals surface area contributed by atoms with E-state index >= 15 is 0 Å². The number of fused-ring (bicyclic) bond motifs is 1. The number of likely N-dealkylation sites (N-methyl/N-ethyl adjacent to an activating group) is 1. The van der Waals surface area contributed by atoms with Crippen molar-refractivity contribution >= 4 is 43.0 Å². The van der Waals surface area contributed by atoms with Crippen molar-refractivity contribution in [2.24, 2.45) is 0 Å². The lowest BCUT2D eigenvalue weighted by molar-refractivity contribution is 0.578. The predicted octanol–water partition coefficient (Wildman–Crippen LogP) is 2.75. The Kier molecular flexibility index (Phi) is 5.04. The second-order valence-corrected chi connectivity index (χ2v) is 7.78. The molecular formula is C13H17ClN2O2S2. The van der Waals surface area contributed by atoms with Gasteiger partial charge < -0.3 is 5.32 Å². The molecule has 0 aliphatic rings. The monoisotopic (exact) mass is 332 g/mol. The molecule has 0 amide bonds. The molecular weight excluding hydrogens is 316 g/mol. The summed E-state index contributed by atoms with van der Waals surface area (Å²) in [5, 5.41) is 4.31. The minimum atomic E-state index is -3.51. The van der Waals surface area contributed by atoms with Gasteiger partial charge in [0.25, 0.3) is 0 Å². The first-order valence-electron chi connectivity index (χ1n) is 6.34. The van der Waals surface area contributed by atoms with E-state index in [4.69, 9.17) is 11.6 Å². The maximum atomic E-state index is 12.4. The maximum absolute atomic E-state index is 12.4. The molecule has 0 aliphatic heterocycles. The number of rotatable bonds is 6. The van der Waals surface area contributed by atoms with E-state index < -0.39 is 10.0 Å². The lowest BCUT2D eigenvalue weighted by Crippen LogP contribution is -2.31. The van der Waals surface area contributed by atoms with Crippen LogP contribution in [0.25, 0.3) is 10.1 Å². The number of hydrogen-bond donors (Lipinski definition) is 2. The highest BCUT2D eigenvalue weighted by molar-refractivity contribution is 7.90. The van der Waals surface area contributed by atoms with Gasteiger partial charge in [-0.3, -0.25) is 0 Å². The van der Waals surface area contributed by atoms with Crippen LogP contribution in [0.4, 0.5) is 0 Å². The van der Waals surface area contributed by atoms with Crippen molar-refractivity contribution in [2.75, 3.05) is 19.6 Å². The van der Waals surface area contributed by atoms with Gasteiger partial charge >= 0.3 is 0 Å². The molecule has 2 aromatic rings. The van der Waals surface area contributed by atoms with Crippen molar-refractivity contribution in [1.82, 2.24) is 10.0 Å². The zero-order chi connectivity index (χ0) is 14.8. The average Bonchev–Trinajstić information content (AvgIpc) is 2.70. The van der Waals surface area contributed by atoms with Crippen molar-refractivity contribution in [2.45, 2.75) is 18.7 Å². The smallest absolute Gasteiger partial charge is 0.242 e. The summed E-state index contributed by atoms with van der Waals surface area (Å²) in [7, 11) is -3.51. The lowest BCUT2D eigenvalue weighted by atomic mass is 10.2. The van der Waals surface area contributed by atoms with Gasteiger partial charge in [-0.15, -0.1) is 11.3 Å². The van der Waals surface area contributed by atoms with E-state index in [2.05, 4.69) is 10.0 Å². The van der Waals surface area contributed by atoms with Crippen LogP contribution in [0.1, 0.15) is 11.8 Å². The molecule has 0 spiro atoms. The minimum Gasteiger partial charge on any atom is -0.316 e. The average molecular weight is 333 g/mol. The van der Waals surface area contributed by atoms with Crippen LogP contribution in [0.15, 0.2) is 23.1 Å². The first kappa shape index (κ1) is 15.7. The van der Waals surface area contributed by atoms with E-state index in [0.29, 0.717) is 28.4 Å². The second-order valence-electron chi connectivity index (χ2n) is 4.38. The summed E-state index contributed by atoms with van der Waals surface area (Å²) in [6.45, 7) is 5.59. The molecule has 0 radical (unpaired) electrons. The number of hydrogen-bond acceptors (Lipinski definition) is 4. The van der Waals surface area contributed by atoms with Crippen LogP contribution < -0.4 is 10.0 Å². The summed E-state index contributed by atoms with van der Waals surface area (Å²) in [6.07, 6.45) is 0. The molecule has 20 heavy (non-hydrogen) atoms. The number of benzene rings is 1. The highest BCUT2D eigenvalue weighted by Crippen LogP contribution is 2.35. The number of sulfonamides is 1. The van der Waals surface area contributed by atoms with Gasteiger partial charge in [-0.2, -0.15) is 0 Å². The van der Waals surface area contributed by atoms with Crippen LogP contribution in [0.2, 0.25) is 5.02 Å². The molecule has 0 atom stereocenters. The molecule has 1 aromatic heterocycles. The Morgan fingerprint density at radius 2 is 2.05 bits per heavy atom. The quantitative estimate of drug-likeness (QED) is 0.800. The molecule has 0 saturated heterocycles. The summed E-state index contributed by atoms with van der Waals surface area (Å²) in [5.41, 5.74) is 0. The van der Waals surface area contributed by atoms with Gasteiger partial charge in [0.1, 0.15) is 4.90 Å². The van der Waals surface area contributed by atoms with Gasteiger partial charge in [0.15, 0.2) is 0 Å². The number of nitrogens with one attached hydrogen (secondary N) is 2. The largest absolute Gasteiger partial charge is 0.316 e. The molecule has 0 aliphatic carbocycles. The van der Waals surface area contributed by atoms with Crippen molar-refractivity contribution in [3.8, 4) is 0 Å². The van der Waals surface area contributed by atoms with E-state index in [-0.39, 0.29) is 0 Å². The van der Waals surface area contributed by atoms with Crippen molar-refractivity contribution < 1.29 is 8.42 Å². The van der Waals surface area contributed by atoms with Gasteiger partial charge in [-0.05, 0) is 31.7 Å². The van der Waals surface area contributed by atoms with Crippen LogP contribution in [0, 0.1) is 6.92 Å². The van der Waals surface area contributed by atoms with Crippen LogP contribution in [0.3, 0.4) is 0 Å². The predicted molar refractivity (Wildman–Crippen MR) is 85.3 cm³/mol. The van der Waals surface area contributed by atoms with Crippen LogP contribution >= 0.6 is 22.9 Å². The summed E-state index contributed by atoms with van der Waals surface area (Å²) in [5.74, 6) is 0. The molecule has 2 rings (SSSR count). The van der Waals surface area contributed by atoms with Gasteiger partial charge in [-0.25, -0.2) is 13.1 Å².